The van der Waals surface area contributed by atoms with Crippen molar-refractivity contribution in [3.63, 3.8) is 0 Å². The van der Waals surface area contributed by atoms with Gasteiger partial charge in [0.25, 0.3) is 0 Å². The fraction of sp³-hybridized carbons (Fsp3) is 0.902. The second-order valence-electron chi connectivity index (χ2n) is 27.7. The lowest BCUT2D eigenvalue weighted by molar-refractivity contribution is -0.143. The van der Waals surface area contributed by atoms with Crippen LogP contribution in [0, 0.1) is 0 Å². The van der Waals surface area contributed by atoms with E-state index in [9.17, 15) is 19.8 Å². The maximum atomic E-state index is 12.6. The third-order valence-corrected chi connectivity index (χ3v) is 18.9. The molecule has 0 fully saturated rings. The molecule has 6 nitrogen and oxygen atoms in total. The lowest BCUT2D eigenvalue weighted by Gasteiger charge is -2.22. The molecule has 0 radical (unpaired) electrons. The molecule has 1 amide bonds. The number of hydrogen-bond acceptors (Lipinski definition) is 5. The summed E-state index contributed by atoms with van der Waals surface area (Å²) in [7, 11) is 0. The molecule has 0 saturated heterocycles. The number of aliphatic hydroxyl groups is 2. The van der Waals surface area contributed by atoms with E-state index >= 15 is 0 Å². The molecule has 88 heavy (non-hydrogen) atoms. The molecule has 0 aliphatic carbocycles. The van der Waals surface area contributed by atoms with Gasteiger partial charge in [-0.2, -0.15) is 0 Å². The normalized spacial score (nSPS) is 12.6. The van der Waals surface area contributed by atoms with Crippen LogP contribution in [0.1, 0.15) is 450 Å². The molecule has 0 aliphatic rings. The third-order valence-electron chi connectivity index (χ3n) is 18.9. The maximum absolute atomic E-state index is 12.6. The lowest BCUT2D eigenvalue weighted by Crippen LogP contribution is -2.45. The summed E-state index contributed by atoms with van der Waals surface area (Å²) < 4.78 is 5.47. The quantitative estimate of drug-likeness (QED) is 0.0320. The molecular weight excluding hydrogens is 1080 g/mol. The Kier molecular flexibility index (Phi) is 75.8. The van der Waals surface area contributed by atoms with Crippen LogP contribution in [-0.2, 0) is 14.3 Å². The molecule has 0 aliphatic heterocycles. The van der Waals surface area contributed by atoms with Crippen LogP contribution in [0.25, 0.3) is 0 Å². The van der Waals surface area contributed by atoms with Crippen LogP contribution in [0.5, 0.6) is 0 Å². The van der Waals surface area contributed by atoms with Crippen molar-refractivity contribution in [2.75, 3.05) is 13.2 Å². The van der Waals surface area contributed by atoms with Gasteiger partial charge in [0.1, 0.15) is 0 Å². The average molecular weight is 1240 g/mol. The van der Waals surface area contributed by atoms with Gasteiger partial charge < -0.3 is 20.3 Å². The van der Waals surface area contributed by atoms with Crippen molar-refractivity contribution in [1.29, 1.82) is 0 Å². The van der Waals surface area contributed by atoms with E-state index in [0.717, 1.165) is 51.4 Å². The van der Waals surface area contributed by atoms with E-state index in [4.69, 9.17) is 4.74 Å². The van der Waals surface area contributed by atoms with Crippen LogP contribution in [0.4, 0.5) is 0 Å². The highest BCUT2D eigenvalue weighted by Crippen LogP contribution is 2.20. The van der Waals surface area contributed by atoms with Crippen molar-refractivity contribution in [2.24, 2.45) is 0 Å². The molecule has 0 aromatic heterocycles. The molecule has 2 atom stereocenters. The first kappa shape index (κ1) is 86.1. The minimum Gasteiger partial charge on any atom is -0.466 e. The van der Waals surface area contributed by atoms with Crippen molar-refractivity contribution < 1.29 is 24.5 Å². The molecule has 520 valence electrons. The van der Waals surface area contributed by atoms with Gasteiger partial charge in [-0.15, -0.1) is 0 Å². The van der Waals surface area contributed by atoms with Crippen molar-refractivity contribution in [3.8, 4) is 0 Å². The van der Waals surface area contributed by atoms with Crippen molar-refractivity contribution >= 4 is 11.9 Å². The van der Waals surface area contributed by atoms with E-state index in [0.29, 0.717) is 25.9 Å². The van der Waals surface area contributed by atoms with E-state index in [2.05, 4.69) is 55.6 Å². The number of hydrogen-bond donors (Lipinski definition) is 3. The van der Waals surface area contributed by atoms with Crippen LogP contribution in [0.2, 0.25) is 0 Å². The van der Waals surface area contributed by atoms with Gasteiger partial charge >= 0.3 is 5.97 Å². The van der Waals surface area contributed by atoms with Gasteiger partial charge in [0.05, 0.1) is 25.4 Å². The van der Waals surface area contributed by atoms with E-state index in [1.807, 2.05) is 0 Å². The SMILES string of the molecule is CCCC/C=C\CCCCCCCC(=O)OCCCCCCCCCCCCCCCCC/C=C\C/C=C\CCCCCCCCCCCCCCCCCCCC(=O)NC(CO)C(O)CCCCCCCCCCCCCCCCCCCCCCC. The topological polar surface area (TPSA) is 95.9 Å². The molecular formula is C82H157NO5. The lowest BCUT2D eigenvalue weighted by atomic mass is 10.0. The molecule has 0 spiro atoms. The Morgan fingerprint density at radius 1 is 0.318 bits per heavy atom. The van der Waals surface area contributed by atoms with Crippen molar-refractivity contribution in [3.05, 3.63) is 36.5 Å². The molecule has 0 heterocycles. The molecule has 0 bridgehead atoms. The number of nitrogens with one attached hydrogen (secondary N) is 1. The monoisotopic (exact) mass is 1240 g/mol. The molecule has 0 saturated carbocycles. The van der Waals surface area contributed by atoms with Gasteiger partial charge in [-0.1, -0.05) is 397 Å². The standard InChI is InChI=1S/C82H157NO5/c1-3-5-7-9-11-13-15-16-17-18-19-39-42-45-48-51-55-58-62-66-70-74-80(85)79(78-84)83-81(86)75-71-67-63-59-56-52-49-46-43-40-37-35-33-31-29-27-25-23-21-20-22-24-26-28-30-32-34-36-38-41-44-47-50-53-57-61-65-69-73-77-88-82(87)76-72-68-64-60-54-14-12-10-8-6-4-2/h10,12,20-21,24,26,79-80,84-85H,3-9,11,13-19,22-23,25,27-78H2,1-2H3,(H,83,86)/b12-10-,21-20-,26-24-. The number of allylic oxidation sites excluding steroid dienone is 6. The first-order valence-corrected chi connectivity index (χ1v) is 40.2. The fourth-order valence-corrected chi connectivity index (χ4v) is 12.8. The highest BCUT2D eigenvalue weighted by molar-refractivity contribution is 5.76. The van der Waals surface area contributed by atoms with Crippen LogP contribution in [0.3, 0.4) is 0 Å². The summed E-state index contributed by atoms with van der Waals surface area (Å²) in [5, 5.41) is 23.5. The molecule has 3 N–H and O–H groups in total. The van der Waals surface area contributed by atoms with Gasteiger partial charge in [0.2, 0.25) is 5.91 Å². The van der Waals surface area contributed by atoms with Crippen molar-refractivity contribution in [2.45, 2.75) is 463 Å². The Morgan fingerprint density at radius 2 is 0.580 bits per heavy atom. The largest absolute Gasteiger partial charge is 0.466 e. The molecule has 0 rings (SSSR count). The number of esters is 1. The summed E-state index contributed by atoms with van der Waals surface area (Å²) in [5.74, 6) is -0.0171. The third kappa shape index (κ3) is 73.1. The molecule has 0 aromatic carbocycles. The minimum atomic E-state index is -0.663. The first-order chi connectivity index (χ1) is 43.5. The van der Waals surface area contributed by atoms with E-state index in [1.54, 1.807) is 0 Å². The number of ether oxygens (including phenoxy) is 1. The average Bonchev–Trinajstić information content (AvgIpc) is 3.55. The Hall–Kier alpha value is -1.92. The zero-order valence-electron chi connectivity index (χ0n) is 59.7. The summed E-state index contributed by atoms with van der Waals surface area (Å²) in [4.78, 5) is 24.6. The summed E-state index contributed by atoms with van der Waals surface area (Å²) in [5.41, 5.74) is 0. The van der Waals surface area contributed by atoms with Crippen LogP contribution >= 0.6 is 0 Å². The predicted octanol–water partition coefficient (Wildman–Crippen LogP) is 26.6. The predicted molar refractivity (Wildman–Crippen MR) is 389 cm³/mol. The van der Waals surface area contributed by atoms with E-state index in [-0.39, 0.29) is 18.5 Å². The number of amides is 1. The zero-order chi connectivity index (χ0) is 63.5. The molecule has 2 unspecified atom stereocenters. The smallest absolute Gasteiger partial charge is 0.305 e. The second kappa shape index (κ2) is 77.5. The molecule has 6 heteroatoms. The number of aliphatic hydroxyl groups excluding tert-OH is 2. The van der Waals surface area contributed by atoms with Gasteiger partial charge in [0.15, 0.2) is 0 Å². The first-order valence-electron chi connectivity index (χ1n) is 40.2. The highest BCUT2D eigenvalue weighted by Gasteiger charge is 2.20. The van der Waals surface area contributed by atoms with Gasteiger partial charge in [-0.05, 0) is 77.0 Å². The Balaban J connectivity index is 3.36. The summed E-state index contributed by atoms with van der Waals surface area (Å²) in [6.45, 7) is 4.96. The number of rotatable bonds is 76. The fourth-order valence-electron chi connectivity index (χ4n) is 12.8. The van der Waals surface area contributed by atoms with E-state index in [1.165, 1.54) is 366 Å². The number of carbonyl (C=O) groups is 2. The van der Waals surface area contributed by atoms with Gasteiger partial charge in [-0.3, -0.25) is 9.59 Å². The van der Waals surface area contributed by atoms with Gasteiger partial charge in [-0.25, -0.2) is 0 Å². The van der Waals surface area contributed by atoms with Crippen LogP contribution in [-0.4, -0.2) is 47.4 Å². The zero-order valence-corrected chi connectivity index (χ0v) is 59.7. The van der Waals surface area contributed by atoms with Gasteiger partial charge in [0, 0.05) is 12.8 Å². The summed E-state index contributed by atoms with van der Waals surface area (Å²) >= 11 is 0. The minimum absolute atomic E-state index is 0.00969. The van der Waals surface area contributed by atoms with Crippen LogP contribution in [0.15, 0.2) is 36.5 Å². The summed E-state index contributed by atoms with van der Waals surface area (Å²) in [6, 6.07) is -0.540. The molecule has 0 aromatic rings. The van der Waals surface area contributed by atoms with Crippen LogP contribution < -0.4 is 5.32 Å². The Bertz CT molecular complexity index is 1430. The number of unbranched alkanes of at least 4 members (excludes halogenated alkanes) is 59. The maximum Gasteiger partial charge on any atom is 0.305 e. The Morgan fingerprint density at radius 3 is 0.909 bits per heavy atom. The second-order valence-corrected chi connectivity index (χ2v) is 27.7. The number of carbonyl (C=O) groups excluding carboxylic acids is 2. The highest BCUT2D eigenvalue weighted by atomic mass is 16.5. The Labute approximate surface area is 551 Å². The van der Waals surface area contributed by atoms with Crippen molar-refractivity contribution in [1.82, 2.24) is 5.32 Å². The van der Waals surface area contributed by atoms with E-state index < -0.39 is 12.1 Å². The summed E-state index contributed by atoms with van der Waals surface area (Å²) in [6.07, 6.45) is 101.